The van der Waals surface area contributed by atoms with Gasteiger partial charge in [0.05, 0.1) is 12.3 Å². The molecule has 0 amide bonds. The van der Waals surface area contributed by atoms with Crippen LogP contribution in [0.1, 0.15) is 12.3 Å². The number of aliphatic hydroxyl groups is 2. The molecule has 1 fully saturated rings. The topological polar surface area (TPSA) is 95.3 Å². The minimum atomic E-state index is -1.18. The maximum atomic E-state index is 13.1. The van der Waals surface area contributed by atoms with Crippen LogP contribution >= 0.6 is 11.8 Å². The molecule has 0 saturated carbocycles. The van der Waals surface area contributed by atoms with E-state index in [2.05, 4.69) is 0 Å². The van der Waals surface area contributed by atoms with E-state index in [1.807, 2.05) is 0 Å². The summed E-state index contributed by atoms with van der Waals surface area (Å²) >= 11 is 1.14. The largest absolute Gasteiger partial charge is 0.389 e. The van der Waals surface area contributed by atoms with E-state index in [0.717, 1.165) is 22.5 Å². The van der Waals surface area contributed by atoms with Crippen LogP contribution in [0, 0.1) is 5.82 Å². The Balaban J connectivity index is 2.46. The second kappa shape index (κ2) is 4.28. The summed E-state index contributed by atoms with van der Waals surface area (Å²) in [5, 5.41) is 18.2. The quantitative estimate of drug-likeness (QED) is 0.605. The first-order valence-corrected chi connectivity index (χ1v) is 5.88. The zero-order valence-corrected chi connectivity index (χ0v) is 9.65. The number of hydrogen-bond acceptors (Lipinski definition) is 5. The molecule has 0 aromatic carbocycles. The van der Waals surface area contributed by atoms with Crippen LogP contribution in [0.3, 0.4) is 0 Å². The van der Waals surface area contributed by atoms with E-state index in [1.54, 1.807) is 11.9 Å². The van der Waals surface area contributed by atoms with E-state index >= 15 is 0 Å². The summed E-state index contributed by atoms with van der Waals surface area (Å²) in [4.78, 5) is 24.1. The molecular weight excluding hydrogens is 251 g/mol. The first-order valence-electron chi connectivity index (χ1n) is 4.94. The van der Waals surface area contributed by atoms with Gasteiger partial charge in [0.25, 0.3) is 5.56 Å². The Labute approximate surface area is 99.1 Å². The molecule has 0 aliphatic carbocycles. The SMILES string of the molecule is C[C@@H]1S[C@H](n2cc(F)c(=O)[nH]c2=O)[C@H](O)[C@@H]1O. The Kier molecular flexibility index (Phi) is 3.11. The Hall–Kier alpha value is -1.12. The number of thioether (sulfide) groups is 1. The summed E-state index contributed by atoms with van der Waals surface area (Å²) in [6, 6.07) is 0. The molecule has 4 atom stereocenters. The fraction of sp³-hybridized carbons (Fsp3) is 0.556. The van der Waals surface area contributed by atoms with Crippen molar-refractivity contribution in [1.82, 2.24) is 9.55 Å². The first-order chi connectivity index (χ1) is 7.91. The van der Waals surface area contributed by atoms with Gasteiger partial charge in [-0.25, -0.2) is 4.79 Å². The molecular formula is C9H11FN2O4S. The summed E-state index contributed by atoms with van der Waals surface area (Å²) in [7, 11) is 0. The van der Waals surface area contributed by atoms with Gasteiger partial charge in [-0.15, -0.1) is 11.8 Å². The minimum absolute atomic E-state index is 0.281. The van der Waals surface area contributed by atoms with Crippen LogP contribution in [-0.2, 0) is 0 Å². The summed E-state index contributed by atoms with van der Waals surface area (Å²) in [6.45, 7) is 1.69. The van der Waals surface area contributed by atoms with Gasteiger partial charge < -0.3 is 10.2 Å². The van der Waals surface area contributed by atoms with Crippen molar-refractivity contribution < 1.29 is 14.6 Å². The van der Waals surface area contributed by atoms with Crippen molar-refractivity contribution in [2.45, 2.75) is 29.8 Å². The zero-order chi connectivity index (χ0) is 12.7. The minimum Gasteiger partial charge on any atom is -0.389 e. The molecule has 94 valence electrons. The highest BCUT2D eigenvalue weighted by molar-refractivity contribution is 8.00. The van der Waals surface area contributed by atoms with Crippen molar-refractivity contribution in [3.63, 3.8) is 0 Å². The number of hydrogen-bond donors (Lipinski definition) is 3. The molecule has 1 aliphatic heterocycles. The van der Waals surface area contributed by atoms with Crippen molar-refractivity contribution in [3.8, 4) is 0 Å². The average molecular weight is 262 g/mol. The molecule has 3 N–H and O–H groups in total. The second-order valence-corrected chi connectivity index (χ2v) is 5.36. The fourth-order valence-corrected chi connectivity index (χ4v) is 3.08. The van der Waals surface area contributed by atoms with Gasteiger partial charge in [0, 0.05) is 5.25 Å². The van der Waals surface area contributed by atoms with Crippen LogP contribution in [0.5, 0.6) is 0 Å². The second-order valence-electron chi connectivity index (χ2n) is 3.86. The van der Waals surface area contributed by atoms with Gasteiger partial charge in [0.1, 0.15) is 11.5 Å². The predicted molar refractivity (Wildman–Crippen MR) is 59.4 cm³/mol. The van der Waals surface area contributed by atoms with E-state index in [4.69, 9.17) is 0 Å². The van der Waals surface area contributed by atoms with Gasteiger partial charge in [0.2, 0.25) is 5.82 Å². The Morgan fingerprint density at radius 1 is 1.41 bits per heavy atom. The molecule has 1 saturated heterocycles. The number of halogens is 1. The molecule has 8 heteroatoms. The normalized spacial score (nSPS) is 32.9. The van der Waals surface area contributed by atoms with Crippen LogP contribution in [0.25, 0.3) is 0 Å². The van der Waals surface area contributed by atoms with Gasteiger partial charge in [-0.1, -0.05) is 6.92 Å². The van der Waals surface area contributed by atoms with E-state index in [1.165, 1.54) is 0 Å². The van der Waals surface area contributed by atoms with Crippen LogP contribution in [0.2, 0.25) is 0 Å². The molecule has 2 rings (SSSR count). The predicted octanol–water partition coefficient (Wildman–Crippen LogP) is -0.969. The highest BCUT2D eigenvalue weighted by Gasteiger charge is 2.41. The van der Waals surface area contributed by atoms with Crippen molar-refractivity contribution in [1.29, 1.82) is 0 Å². The van der Waals surface area contributed by atoms with Gasteiger partial charge in [0.15, 0.2) is 0 Å². The van der Waals surface area contributed by atoms with E-state index in [-0.39, 0.29) is 5.25 Å². The van der Waals surface area contributed by atoms with E-state index < -0.39 is 34.6 Å². The number of nitrogens with one attached hydrogen (secondary N) is 1. The fourth-order valence-electron chi connectivity index (χ4n) is 1.71. The van der Waals surface area contributed by atoms with Crippen LogP contribution in [0.15, 0.2) is 15.8 Å². The van der Waals surface area contributed by atoms with Crippen molar-refractivity contribution in [2.24, 2.45) is 0 Å². The number of aliphatic hydroxyl groups excluding tert-OH is 2. The van der Waals surface area contributed by atoms with Crippen molar-refractivity contribution in [3.05, 3.63) is 32.9 Å². The molecule has 0 unspecified atom stereocenters. The summed E-state index contributed by atoms with van der Waals surface area (Å²) in [6.07, 6.45) is -1.43. The van der Waals surface area contributed by atoms with Crippen LogP contribution < -0.4 is 11.2 Å². The third-order valence-corrected chi connectivity index (χ3v) is 4.17. The lowest BCUT2D eigenvalue weighted by Crippen LogP contribution is -2.37. The lowest BCUT2D eigenvalue weighted by atomic mass is 10.1. The van der Waals surface area contributed by atoms with Gasteiger partial charge in [-0.05, 0) is 0 Å². The smallest absolute Gasteiger partial charge is 0.329 e. The summed E-state index contributed by atoms with van der Waals surface area (Å²) in [5.41, 5.74) is -1.91. The third kappa shape index (κ3) is 2.03. The van der Waals surface area contributed by atoms with Gasteiger partial charge >= 0.3 is 5.69 Å². The lowest BCUT2D eigenvalue weighted by Gasteiger charge is -2.17. The van der Waals surface area contributed by atoms with Gasteiger partial charge in [-0.2, -0.15) is 4.39 Å². The molecule has 17 heavy (non-hydrogen) atoms. The molecule has 1 aromatic rings. The lowest BCUT2D eigenvalue weighted by molar-refractivity contribution is 0.0191. The Morgan fingerprint density at radius 3 is 2.59 bits per heavy atom. The summed E-state index contributed by atoms with van der Waals surface area (Å²) in [5.74, 6) is -1.11. The number of H-pyrrole nitrogens is 1. The molecule has 0 bridgehead atoms. The third-order valence-electron chi connectivity index (χ3n) is 2.68. The first kappa shape index (κ1) is 12.3. The molecule has 2 heterocycles. The highest BCUT2D eigenvalue weighted by atomic mass is 32.2. The number of rotatable bonds is 1. The van der Waals surface area contributed by atoms with Gasteiger partial charge in [-0.3, -0.25) is 14.3 Å². The number of aromatic amines is 1. The molecule has 6 nitrogen and oxygen atoms in total. The highest BCUT2D eigenvalue weighted by Crippen LogP contribution is 2.40. The van der Waals surface area contributed by atoms with Crippen LogP contribution in [0.4, 0.5) is 4.39 Å². The van der Waals surface area contributed by atoms with Crippen molar-refractivity contribution in [2.75, 3.05) is 0 Å². The van der Waals surface area contributed by atoms with Crippen molar-refractivity contribution >= 4 is 11.8 Å². The summed E-state index contributed by atoms with van der Waals surface area (Å²) < 4.78 is 14.0. The average Bonchev–Trinajstić information content (AvgIpc) is 2.51. The van der Waals surface area contributed by atoms with E-state index in [9.17, 15) is 24.2 Å². The standard InChI is InChI=1S/C9H11FN2O4S/c1-3-5(13)6(14)8(17-3)12-2-4(10)7(15)11-9(12)16/h2-3,5-6,8,13-14H,1H3,(H,11,15,16)/t3-,5+,6+,8-/m0/s1. The van der Waals surface area contributed by atoms with Crippen LogP contribution in [-0.4, -0.2) is 37.2 Å². The molecule has 0 spiro atoms. The zero-order valence-electron chi connectivity index (χ0n) is 8.83. The molecule has 1 aliphatic rings. The molecule has 1 aromatic heterocycles. The maximum Gasteiger partial charge on any atom is 0.329 e. The van der Waals surface area contributed by atoms with E-state index in [0.29, 0.717) is 0 Å². The Morgan fingerprint density at radius 2 is 2.06 bits per heavy atom. The number of nitrogens with zero attached hydrogens (tertiary/aromatic N) is 1. The maximum absolute atomic E-state index is 13.1. The Bertz CT molecular complexity index is 543. The monoisotopic (exact) mass is 262 g/mol. The number of aromatic nitrogens is 2. The molecule has 0 radical (unpaired) electrons.